The Labute approximate surface area is 159 Å². The van der Waals surface area contributed by atoms with Gasteiger partial charge < -0.3 is 19.7 Å². The van der Waals surface area contributed by atoms with Gasteiger partial charge in [-0.05, 0) is 50.2 Å². The first-order chi connectivity index (χ1) is 13.0. The van der Waals surface area contributed by atoms with Crippen molar-refractivity contribution >= 4 is 5.91 Å². The Hall–Kier alpha value is -1.70. The number of morpholine rings is 1. The zero-order chi connectivity index (χ0) is 18.9. The number of aromatic nitrogens is 1. The fourth-order valence-corrected chi connectivity index (χ4v) is 4.56. The van der Waals surface area contributed by atoms with Gasteiger partial charge in [0.05, 0.1) is 18.8 Å². The zero-order valence-corrected chi connectivity index (χ0v) is 15.8. The quantitative estimate of drug-likeness (QED) is 0.806. The van der Waals surface area contributed by atoms with Gasteiger partial charge in [-0.15, -0.1) is 0 Å². The first-order valence-electron chi connectivity index (χ1n) is 10.1. The molecule has 1 aromatic rings. The fraction of sp³-hybridized carbons (Fsp3) is 0.700. The van der Waals surface area contributed by atoms with Gasteiger partial charge >= 0.3 is 0 Å². The van der Waals surface area contributed by atoms with Crippen molar-refractivity contribution < 1.29 is 14.6 Å². The Bertz CT molecular complexity index is 756. The molecule has 148 valence electrons. The molecule has 2 N–H and O–H groups in total. The van der Waals surface area contributed by atoms with E-state index in [0.717, 1.165) is 50.0 Å². The Balaban J connectivity index is 1.43. The van der Waals surface area contributed by atoms with Crippen molar-refractivity contribution in [2.24, 2.45) is 0 Å². The van der Waals surface area contributed by atoms with Gasteiger partial charge in [-0.3, -0.25) is 14.5 Å². The number of hydrogen-bond donors (Lipinski definition) is 2. The molecule has 0 saturated carbocycles. The minimum absolute atomic E-state index is 0.207. The monoisotopic (exact) mass is 375 g/mol. The van der Waals surface area contributed by atoms with Crippen LogP contribution in [0.3, 0.4) is 0 Å². The van der Waals surface area contributed by atoms with E-state index in [2.05, 4.69) is 9.88 Å². The number of pyridine rings is 1. The van der Waals surface area contributed by atoms with Crippen LogP contribution in [0.2, 0.25) is 0 Å². The van der Waals surface area contributed by atoms with E-state index in [-0.39, 0.29) is 17.0 Å². The summed E-state index contributed by atoms with van der Waals surface area (Å²) in [6, 6.07) is 1.79. The third-order valence-corrected chi connectivity index (χ3v) is 6.14. The lowest BCUT2D eigenvalue weighted by molar-refractivity contribution is -0.0389. The second-order valence-corrected chi connectivity index (χ2v) is 8.13. The lowest BCUT2D eigenvalue weighted by atomic mass is 9.94. The maximum Gasteiger partial charge on any atom is 0.261 e. The van der Waals surface area contributed by atoms with Crippen LogP contribution in [0.25, 0.3) is 0 Å². The number of carbonyl (C=O) groups excluding carboxylic acids is 1. The first kappa shape index (κ1) is 18.7. The van der Waals surface area contributed by atoms with E-state index in [1.54, 1.807) is 11.0 Å². The molecule has 1 atom stereocenters. The van der Waals surface area contributed by atoms with Gasteiger partial charge in [0.2, 0.25) is 0 Å². The van der Waals surface area contributed by atoms with Gasteiger partial charge in [0.15, 0.2) is 0 Å². The number of β-amino-alcohol motifs (C(OH)–C–C–N with tert-alkyl or cyclic N) is 1. The molecule has 0 radical (unpaired) electrons. The zero-order valence-electron chi connectivity index (χ0n) is 15.8. The van der Waals surface area contributed by atoms with Crippen LogP contribution in [0.15, 0.2) is 10.9 Å². The summed E-state index contributed by atoms with van der Waals surface area (Å²) in [5.74, 6) is -0.207. The second kappa shape index (κ2) is 7.73. The van der Waals surface area contributed by atoms with E-state index in [9.17, 15) is 14.7 Å². The van der Waals surface area contributed by atoms with Crippen LogP contribution >= 0.6 is 0 Å². The summed E-state index contributed by atoms with van der Waals surface area (Å²) in [6.07, 6.45) is 4.80. The lowest BCUT2D eigenvalue weighted by Gasteiger charge is -2.35. The molecule has 2 fully saturated rings. The number of aliphatic hydroxyl groups is 1. The molecule has 3 heterocycles. The highest BCUT2D eigenvalue weighted by molar-refractivity contribution is 5.94. The van der Waals surface area contributed by atoms with Gasteiger partial charge in [0, 0.05) is 38.4 Å². The maximum absolute atomic E-state index is 13.0. The molecule has 27 heavy (non-hydrogen) atoms. The third kappa shape index (κ3) is 4.10. The predicted molar refractivity (Wildman–Crippen MR) is 101 cm³/mol. The topological polar surface area (TPSA) is 85.9 Å². The molecule has 2 saturated heterocycles. The van der Waals surface area contributed by atoms with Crippen molar-refractivity contribution in [3.05, 3.63) is 33.2 Å². The van der Waals surface area contributed by atoms with E-state index in [1.807, 2.05) is 0 Å². The molecule has 0 spiro atoms. The highest BCUT2D eigenvalue weighted by Crippen LogP contribution is 2.25. The summed E-state index contributed by atoms with van der Waals surface area (Å²) < 4.78 is 5.38. The summed E-state index contributed by atoms with van der Waals surface area (Å²) in [6.45, 7) is 4.79. The number of hydrogen-bond acceptors (Lipinski definition) is 5. The molecule has 4 rings (SSSR count). The van der Waals surface area contributed by atoms with Crippen molar-refractivity contribution in [2.45, 2.75) is 44.1 Å². The van der Waals surface area contributed by atoms with Crippen LogP contribution in [0, 0.1) is 0 Å². The summed E-state index contributed by atoms with van der Waals surface area (Å²) in [5, 5.41) is 11.1. The van der Waals surface area contributed by atoms with E-state index in [1.165, 1.54) is 0 Å². The number of aromatic amines is 1. The molecule has 0 aromatic carbocycles. The number of fused-ring (bicyclic) bond motifs is 1. The van der Waals surface area contributed by atoms with Gasteiger partial charge in [-0.25, -0.2) is 0 Å². The number of ether oxygens (including phenoxy) is 1. The smallest absolute Gasteiger partial charge is 0.261 e. The number of rotatable bonds is 3. The number of nitrogens with zero attached hydrogens (tertiary/aromatic N) is 2. The maximum atomic E-state index is 13.0. The van der Waals surface area contributed by atoms with Gasteiger partial charge in [-0.1, -0.05) is 0 Å². The van der Waals surface area contributed by atoms with Crippen molar-refractivity contribution in [3.8, 4) is 0 Å². The van der Waals surface area contributed by atoms with Crippen LogP contribution in [-0.2, 0) is 17.6 Å². The average Bonchev–Trinajstić information content (AvgIpc) is 3.02. The van der Waals surface area contributed by atoms with Gasteiger partial charge in [0.25, 0.3) is 11.5 Å². The number of carbonyl (C=O) groups is 1. The van der Waals surface area contributed by atoms with E-state index >= 15 is 0 Å². The van der Waals surface area contributed by atoms with Crippen LogP contribution in [0.4, 0.5) is 0 Å². The molecular formula is C20H29N3O4. The Morgan fingerprint density at radius 3 is 2.78 bits per heavy atom. The van der Waals surface area contributed by atoms with Gasteiger partial charge in [-0.2, -0.15) is 0 Å². The molecule has 1 aliphatic carbocycles. The van der Waals surface area contributed by atoms with E-state index in [4.69, 9.17) is 4.74 Å². The normalized spacial score (nSPS) is 26.6. The number of amides is 1. The Kier molecular flexibility index (Phi) is 5.34. The number of nitrogens with one attached hydrogen (secondary N) is 1. The molecular weight excluding hydrogens is 346 g/mol. The second-order valence-electron chi connectivity index (χ2n) is 8.13. The van der Waals surface area contributed by atoms with Crippen LogP contribution in [-0.4, -0.2) is 77.3 Å². The molecule has 2 aliphatic heterocycles. The standard InChI is InChI=1S/C20H29N3O4/c24-18-16(13-15-3-1-4-17(15)21-18)19(25)23-7-2-5-20(26,6-8-23)14-22-9-11-27-12-10-22/h13,26H,1-12,14H2,(H,21,24). The number of likely N-dealkylation sites (tertiary alicyclic amines) is 1. The molecule has 0 bridgehead atoms. The fourth-order valence-electron chi connectivity index (χ4n) is 4.56. The largest absolute Gasteiger partial charge is 0.388 e. The number of aryl methyl sites for hydroxylation is 2. The molecule has 7 heteroatoms. The Morgan fingerprint density at radius 1 is 1.15 bits per heavy atom. The van der Waals surface area contributed by atoms with Crippen LogP contribution < -0.4 is 5.56 Å². The van der Waals surface area contributed by atoms with Crippen molar-refractivity contribution in [1.29, 1.82) is 0 Å². The third-order valence-electron chi connectivity index (χ3n) is 6.14. The summed E-state index contributed by atoms with van der Waals surface area (Å²) in [4.78, 5) is 32.2. The number of H-pyrrole nitrogens is 1. The van der Waals surface area contributed by atoms with Crippen molar-refractivity contribution in [1.82, 2.24) is 14.8 Å². The average molecular weight is 375 g/mol. The molecule has 7 nitrogen and oxygen atoms in total. The van der Waals surface area contributed by atoms with E-state index < -0.39 is 5.60 Å². The Morgan fingerprint density at radius 2 is 1.96 bits per heavy atom. The summed E-state index contributed by atoms with van der Waals surface area (Å²) in [5.41, 5.74) is 1.25. The summed E-state index contributed by atoms with van der Waals surface area (Å²) >= 11 is 0. The lowest BCUT2D eigenvalue weighted by Crippen LogP contribution is -2.48. The van der Waals surface area contributed by atoms with Crippen LogP contribution in [0.1, 0.15) is 47.3 Å². The van der Waals surface area contributed by atoms with Crippen molar-refractivity contribution in [2.75, 3.05) is 45.9 Å². The molecule has 1 unspecified atom stereocenters. The summed E-state index contributed by atoms with van der Waals surface area (Å²) in [7, 11) is 0. The highest BCUT2D eigenvalue weighted by atomic mass is 16.5. The van der Waals surface area contributed by atoms with Crippen LogP contribution in [0.5, 0.6) is 0 Å². The molecule has 1 amide bonds. The molecule has 1 aromatic heterocycles. The minimum Gasteiger partial charge on any atom is -0.388 e. The first-order valence-corrected chi connectivity index (χ1v) is 10.1. The molecule has 3 aliphatic rings. The predicted octanol–water partition coefficient (Wildman–Crippen LogP) is 0.553. The van der Waals surface area contributed by atoms with Gasteiger partial charge in [0.1, 0.15) is 5.56 Å². The SMILES string of the molecule is O=C(c1cc2c([nH]c1=O)CCC2)N1CCCC(O)(CN2CCOCC2)CC1. The van der Waals surface area contributed by atoms with Crippen molar-refractivity contribution in [3.63, 3.8) is 0 Å². The minimum atomic E-state index is -0.781. The highest BCUT2D eigenvalue weighted by Gasteiger charge is 2.34. The van der Waals surface area contributed by atoms with E-state index in [0.29, 0.717) is 45.7 Å².